The van der Waals surface area contributed by atoms with Crippen LogP contribution in [-0.2, 0) is 11.0 Å². The van der Waals surface area contributed by atoms with Crippen LogP contribution in [0.15, 0.2) is 71.9 Å². The van der Waals surface area contributed by atoms with Crippen LogP contribution >= 0.6 is 0 Å². The van der Waals surface area contributed by atoms with E-state index in [0.717, 1.165) is 29.5 Å². The molecule has 0 heterocycles. The molecule has 10 heteroatoms. The number of hydrogen-bond acceptors (Lipinski definition) is 5. The second-order valence-corrected chi connectivity index (χ2v) is 7.00. The summed E-state index contributed by atoms with van der Waals surface area (Å²) in [5.41, 5.74) is 1.02. The largest absolute Gasteiger partial charge is 0.495 e. The van der Waals surface area contributed by atoms with E-state index >= 15 is 0 Å². The van der Waals surface area contributed by atoms with E-state index in [2.05, 4.69) is 15.8 Å². The summed E-state index contributed by atoms with van der Waals surface area (Å²) in [7, 11) is 2.78. The van der Waals surface area contributed by atoms with Gasteiger partial charge in [0.05, 0.1) is 24.1 Å². The third kappa shape index (κ3) is 6.41. The molecule has 0 unspecified atom stereocenters. The van der Waals surface area contributed by atoms with Crippen molar-refractivity contribution in [1.29, 1.82) is 0 Å². The average molecular weight is 473 g/mol. The molecule has 0 aliphatic rings. The van der Waals surface area contributed by atoms with Crippen LogP contribution < -0.4 is 20.1 Å². The molecule has 0 bridgehead atoms. The predicted molar refractivity (Wildman–Crippen MR) is 123 cm³/mol. The highest BCUT2D eigenvalue weighted by Gasteiger charge is 2.31. The quantitative estimate of drug-likeness (QED) is 0.302. The average Bonchev–Trinajstić information content (AvgIpc) is 2.80. The van der Waals surface area contributed by atoms with Crippen molar-refractivity contribution in [2.45, 2.75) is 13.1 Å². The Bertz CT molecular complexity index is 1160. The number of halogens is 3. The summed E-state index contributed by atoms with van der Waals surface area (Å²) in [6.45, 7) is 1.82. The van der Waals surface area contributed by atoms with Gasteiger partial charge in [-0.05, 0) is 79.2 Å². The molecule has 7 nitrogen and oxygen atoms in total. The number of carbonyl (C=O) groups is 1. The second-order valence-electron chi connectivity index (χ2n) is 7.00. The standard InChI is InChI=1S/C24H22F3N3O4/c1-15(30-33-3)16-4-9-19(10-5-16)34-20-11-7-18(8-12-20)28-23(31)29-21-14-17(24(25,26)27)6-13-22(21)32-2/h4-14H,1-3H3,(H2,28,29,31)/b30-15+. The third-order valence-corrected chi connectivity index (χ3v) is 4.62. The minimum Gasteiger partial charge on any atom is -0.495 e. The lowest BCUT2D eigenvalue weighted by Gasteiger charge is -2.14. The molecule has 0 saturated carbocycles. The Hall–Kier alpha value is -4.21. The van der Waals surface area contributed by atoms with Crippen LogP contribution in [0.1, 0.15) is 18.1 Å². The Morgan fingerprint density at radius 2 is 1.50 bits per heavy atom. The summed E-state index contributed by atoms with van der Waals surface area (Å²) >= 11 is 0. The number of anilines is 2. The van der Waals surface area contributed by atoms with Crippen molar-refractivity contribution in [1.82, 2.24) is 0 Å². The molecule has 0 saturated heterocycles. The van der Waals surface area contributed by atoms with Gasteiger partial charge in [-0.2, -0.15) is 13.2 Å². The molecule has 0 spiro atoms. The van der Waals surface area contributed by atoms with E-state index in [4.69, 9.17) is 14.3 Å². The molecule has 0 aliphatic carbocycles. The third-order valence-electron chi connectivity index (χ3n) is 4.62. The number of urea groups is 1. The van der Waals surface area contributed by atoms with E-state index in [1.807, 2.05) is 19.1 Å². The molecular weight excluding hydrogens is 451 g/mol. The maximum atomic E-state index is 13.0. The molecule has 0 radical (unpaired) electrons. The van der Waals surface area contributed by atoms with Crippen LogP contribution in [0.25, 0.3) is 0 Å². The Kier molecular flexibility index (Phi) is 7.62. The lowest BCUT2D eigenvalue weighted by Crippen LogP contribution is -2.20. The number of nitrogens with one attached hydrogen (secondary N) is 2. The molecule has 3 aromatic rings. The van der Waals surface area contributed by atoms with E-state index in [1.54, 1.807) is 36.4 Å². The van der Waals surface area contributed by atoms with Gasteiger partial charge in [-0.25, -0.2) is 4.79 Å². The molecule has 34 heavy (non-hydrogen) atoms. The summed E-state index contributed by atoms with van der Waals surface area (Å²) in [5.74, 6) is 1.23. The van der Waals surface area contributed by atoms with Crippen LogP contribution in [0.5, 0.6) is 17.2 Å². The van der Waals surface area contributed by atoms with Gasteiger partial charge in [-0.3, -0.25) is 0 Å². The van der Waals surface area contributed by atoms with E-state index in [9.17, 15) is 18.0 Å². The summed E-state index contributed by atoms with van der Waals surface area (Å²) in [6.07, 6.45) is -4.55. The van der Waals surface area contributed by atoms with Gasteiger partial charge in [0.15, 0.2) is 0 Å². The number of carbonyl (C=O) groups excluding carboxylic acids is 1. The topological polar surface area (TPSA) is 81.2 Å². The normalized spacial score (nSPS) is 11.5. The number of amides is 2. The van der Waals surface area contributed by atoms with Crippen molar-refractivity contribution >= 4 is 23.1 Å². The zero-order chi connectivity index (χ0) is 24.7. The van der Waals surface area contributed by atoms with Gasteiger partial charge in [-0.1, -0.05) is 5.16 Å². The fraction of sp³-hybridized carbons (Fsp3) is 0.167. The van der Waals surface area contributed by atoms with Crippen molar-refractivity contribution in [3.05, 3.63) is 77.9 Å². The highest BCUT2D eigenvalue weighted by molar-refractivity contribution is 6.00. The number of hydrogen-bond donors (Lipinski definition) is 2. The lowest BCUT2D eigenvalue weighted by atomic mass is 10.1. The summed E-state index contributed by atoms with van der Waals surface area (Å²) in [6, 6.07) is 15.8. The maximum absolute atomic E-state index is 13.0. The van der Waals surface area contributed by atoms with Gasteiger partial charge >= 0.3 is 12.2 Å². The van der Waals surface area contributed by atoms with Gasteiger partial charge in [0.25, 0.3) is 0 Å². The van der Waals surface area contributed by atoms with Crippen LogP contribution in [0, 0.1) is 0 Å². The van der Waals surface area contributed by atoms with E-state index in [-0.39, 0.29) is 11.4 Å². The molecule has 0 fully saturated rings. The Morgan fingerprint density at radius 3 is 2.06 bits per heavy atom. The fourth-order valence-corrected chi connectivity index (χ4v) is 2.96. The maximum Gasteiger partial charge on any atom is 0.416 e. The number of nitrogens with zero attached hydrogens (tertiary/aromatic N) is 1. The zero-order valence-electron chi connectivity index (χ0n) is 18.6. The molecule has 0 atom stereocenters. The number of benzene rings is 3. The summed E-state index contributed by atoms with van der Waals surface area (Å²) in [4.78, 5) is 17.1. The van der Waals surface area contributed by atoms with Crippen LogP contribution in [0.3, 0.4) is 0 Å². The zero-order valence-corrected chi connectivity index (χ0v) is 18.6. The summed E-state index contributed by atoms with van der Waals surface area (Å²) < 4.78 is 49.7. The first kappa shape index (κ1) is 24.4. The first-order valence-electron chi connectivity index (χ1n) is 9.99. The van der Waals surface area contributed by atoms with Crippen LogP contribution in [-0.4, -0.2) is 26.0 Å². The highest BCUT2D eigenvalue weighted by Crippen LogP contribution is 2.35. The number of methoxy groups -OCH3 is 1. The van der Waals surface area contributed by atoms with Gasteiger partial charge in [0, 0.05) is 5.69 Å². The van der Waals surface area contributed by atoms with Gasteiger partial charge in [-0.15, -0.1) is 0 Å². The SMILES string of the molecule is CO/N=C(\C)c1ccc(Oc2ccc(NC(=O)Nc3cc(C(F)(F)F)ccc3OC)cc2)cc1. The summed E-state index contributed by atoms with van der Waals surface area (Å²) in [5, 5.41) is 8.80. The minimum absolute atomic E-state index is 0.0987. The predicted octanol–water partition coefficient (Wildman–Crippen LogP) is 6.52. The first-order valence-corrected chi connectivity index (χ1v) is 9.99. The second kappa shape index (κ2) is 10.6. The van der Waals surface area contributed by atoms with E-state index in [0.29, 0.717) is 17.2 Å². The molecule has 0 aromatic heterocycles. The van der Waals surface area contributed by atoms with E-state index in [1.165, 1.54) is 14.2 Å². The van der Waals surface area contributed by atoms with Crippen molar-refractivity contribution in [3.63, 3.8) is 0 Å². The smallest absolute Gasteiger partial charge is 0.416 e. The van der Waals surface area contributed by atoms with E-state index < -0.39 is 17.8 Å². The van der Waals surface area contributed by atoms with Crippen LogP contribution in [0.4, 0.5) is 29.3 Å². The van der Waals surface area contributed by atoms with Crippen molar-refractivity contribution in [2.75, 3.05) is 24.9 Å². The number of alkyl halides is 3. The lowest BCUT2D eigenvalue weighted by molar-refractivity contribution is -0.137. The number of rotatable bonds is 7. The van der Waals surface area contributed by atoms with Crippen LogP contribution in [0.2, 0.25) is 0 Å². The fourth-order valence-electron chi connectivity index (χ4n) is 2.96. The van der Waals surface area contributed by atoms with Gasteiger partial charge in [0.1, 0.15) is 24.4 Å². The van der Waals surface area contributed by atoms with Crippen molar-refractivity contribution < 1.29 is 32.3 Å². The number of ether oxygens (including phenoxy) is 2. The monoisotopic (exact) mass is 473 g/mol. The first-order chi connectivity index (χ1) is 16.2. The van der Waals surface area contributed by atoms with Gasteiger partial charge in [0.2, 0.25) is 0 Å². The molecule has 2 N–H and O–H groups in total. The highest BCUT2D eigenvalue weighted by atomic mass is 19.4. The molecule has 0 aliphatic heterocycles. The Balaban J connectivity index is 1.63. The van der Waals surface area contributed by atoms with Crippen molar-refractivity contribution in [2.24, 2.45) is 5.16 Å². The Labute approximate surface area is 194 Å². The molecule has 3 aromatic carbocycles. The molecular formula is C24H22F3N3O4. The minimum atomic E-state index is -4.55. The molecule has 178 valence electrons. The van der Waals surface area contributed by atoms with Crippen molar-refractivity contribution in [3.8, 4) is 17.2 Å². The number of oxime groups is 1. The molecule has 3 rings (SSSR count). The molecule has 2 amide bonds. The van der Waals surface area contributed by atoms with Gasteiger partial charge < -0.3 is 24.9 Å². The Morgan fingerprint density at radius 1 is 0.882 bits per heavy atom.